The van der Waals surface area contributed by atoms with E-state index in [0.29, 0.717) is 0 Å². The third kappa shape index (κ3) is 3.28. The molecular weight excluding hydrogens is 326 g/mol. The van der Waals surface area contributed by atoms with Gasteiger partial charge in [0.1, 0.15) is 12.1 Å². The summed E-state index contributed by atoms with van der Waals surface area (Å²) in [5.41, 5.74) is 4.55. The van der Waals surface area contributed by atoms with Crippen molar-refractivity contribution in [3.63, 3.8) is 0 Å². The highest BCUT2D eigenvalue weighted by molar-refractivity contribution is 5.92. The van der Waals surface area contributed by atoms with Crippen LogP contribution in [-0.2, 0) is 11.2 Å². The molecule has 5 nitrogen and oxygen atoms in total. The third-order valence-electron chi connectivity index (χ3n) is 4.18. The number of aromatic nitrogens is 2. The maximum Gasteiger partial charge on any atom is 0.228 e. The Bertz CT molecular complexity index is 1050. The predicted molar refractivity (Wildman–Crippen MR) is 102 cm³/mol. The quantitative estimate of drug-likeness (QED) is 0.590. The summed E-state index contributed by atoms with van der Waals surface area (Å²) in [5.74, 6) is 0.0910. The number of phenols is 1. The zero-order valence-electron chi connectivity index (χ0n) is 14.0. The molecule has 0 saturated carbocycles. The van der Waals surface area contributed by atoms with Crippen LogP contribution in [0.1, 0.15) is 5.56 Å². The molecule has 3 aromatic carbocycles. The van der Waals surface area contributed by atoms with Gasteiger partial charge in [0.25, 0.3) is 0 Å². The number of para-hydroxylation sites is 2. The van der Waals surface area contributed by atoms with Crippen LogP contribution in [0.4, 0.5) is 5.69 Å². The van der Waals surface area contributed by atoms with E-state index in [1.165, 1.54) is 0 Å². The molecule has 0 spiro atoms. The topological polar surface area (TPSA) is 67.2 Å². The zero-order valence-corrected chi connectivity index (χ0v) is 14.0. The van der Waals surface area contributed by atoms with E-state index in [4.69, 9.17) is 0 Å². The van der Waals surface area contributed by atoms with Gasteiger partial charge in [-0.2, -0.15) is 0 Å². The molecule has 1 aromatic heterocycles. The molecule has 0 unspecified atom stereocenters. The summed E-state index contributed by atoms with van der Waals surface area (Å²) in [5, 5.41) is 12.2. The molecule has 0 fully saturated rings. The Kier molecular flexibility index (Phi) is 4.11. The van der Waals surface area contributed by atoms with Gasteiger partial charge >= 0.3 is 0 Å². The second kappa shape index (κ2) is 6.72. The number of phenolic OH excluding ortho intramolecular Hbond substituents is 1. The minimum absolute atomic E-state index is 0.100. The summed E-state index contributed by atoms with van der Waals surface area (Å²) < 4.78 is 2.01. The molecule has 1 amide bonds. The molecule has 26 heavy (non-hydrogen) atoms. The van der Waals surface area contributed by atoms with Crippen molar-refractivity contribution in [3.05, 3.63) is 84.7 Å². The van der Waals surface area contributed by atoms with Gasteiger partial charge in [0, 0.05) is 11.4 Å². The van der Waals surface area contributed by atoms with E-state index in [1.807, 2.05) is 53.1 Å². The highest BCUT2D eigenvalue weighted by atomic mass is 16.3. The van der Waals surface area contributed by atoms with E-state index in [9.17, 15) is 9.90 Å². The number of anilines is 1. The monoisotopic (exact) mass is 343 g/mol. The number of fused-ring (bicyclic) bond motifs is 1. The molecule has 0 bridgehead atoms. The van der Waals surface area contributed by atoms with Crippen LogP contribution in [0.5, 0.6) is 5.75 Å². The van der Waals surface area contributed by atoms with Crippen molar-refractivity contribution in [2.75, 3.05) is 5.32 Å². The SMILES string of the molecule is O=C(Cc1ccc(O)cc1)Nc1ccc(-n2cnc3ccccc32)cc1. The maximum absolute atomic E-state index is 12.2. The number of carbonyl (C=O) groups excluding carboxylic acids is 1. The van der Waals surface area contributed by atoms with Crippen LogP contribution in [0.2, 0.25) is 0 Å². The van der Waals surface area contributed by atoms with Gasteiger partial charge in [0.2, 0.25) is 5.91 Å². The van der Waals surface area contributed by atoms with Gasteiger partial charge < -0.3 is 10.4 Å². The third-order valence-corrected chi connectivity index (χ3v) is 4.18. The van der Waals surface area contributed by atoms with Gasteiger partial charge in [-0.1, -0.05) is 24.3 Å². The zero-order chi connectivity index (χ0) is 17.9. The second-order valence-electron chi connectivity index (χ2n) is 6.04. The largest absolute Gasteiger partial charge is 0.508 e. The number of nitrogens with one attached hydrogen (secondary N) is 1. The van der Waals surface area contributed by atoms with Crippen molar-refractivity contribution in [2.24, 2.45) is 0 Å². The van der Waals surface area contributed by atoms with Crippen LogP contribution < -0.4 is 5.32 Å². The fourth-order valence-corrected chi connectivity index (χ4v) is 2.87. The molecule has 2 N–H and O–H groups in total. The predicted octanol–water partition coefficient (Wildman–Crippen LogP) is 3.91. The number of rotatable bonds is 4. The Morgan fingerprint density at radius 2 is 1.69 bits per heavy atom. The number of aromatic hydroxyl groups is 1. The summed E-state index contributed by atoms with van der Waals surface area (Å²) in [4.78, 5) is 16.6. The number of carbonyl (C=O) groups is 1. The van der Waals surface area contributed by atoms with E-state index < -0.39 is 0 Å². The van der Waals surface area contributed by atoms with E-state index in [-0.39, 0.29) is 18.1 Å². The Morgan fingerprint density at radius 3 is 2.46 bits per heavy atom. The van der Waals surface area contributed by atoms with Crippen LogP contribution >= 0.6 is 0 Å². The molecule has 0 atom stereocenters. The number of benzene rings is 3. The van der Waals surface area contributed by atoms with Crippen molar-refractivity contribution in [3.8, 4) is 11.4 Å². The van der Waals surface area contributed by atoms with Crippen molar-refractivity contribution in [1.82, 2.24) is 9.55 Å². The van der Waals surface area contributed by atoms with Gasteiger partial charge in [-0.3, -0.25) is 9.36 Å². The fraction of sp³-hybridized carbons (Fsp3) is 0.0476. The number of amides is 1. The lowest BCUT2D eigenvalue weighted by atomic mass is 10.1. The Balaban J connectivity index is 1.47. The Morgan fingerprint density at radius 1 is 0.962 bits per heavy atom. The lowest BCUT2D eigenvalue weighted by molar-refractivity contribution is -0.115. The number of nitrogens with zero attached hydrogens (tertiary/aromatic N) is 2. The molecular formula is C21H17N3O2. The Hall–Kier alpha value is -3.60. The van der Waals surface area contributed by atoms with Crippen molar-refractivity contribution >= 4 is 22.6 Å². The highest BCUT2D eigenvalue weighted by Gasteiger charge is 2.06. The van der Waals surface area contributed by atoms with Crippen LogP contribution in [0, 0.1) is 0 Å². The van der Waals surface area contributed by atoms with Crippen LogP contribution in [0.3, 0.4) is 0 Å². The van der Waals surface area contributed by atoms with Gasteiger partial charge in [-0.05, 0) is 54.1 Å². The van der Waals surface area contributed by atoms with E-state index >= 15 is 0 Å². The normalized spacial score (nSPS) is 10.8. The lowest BCUT2D eigenvalue weighted by Crippen LogP contribution is -2.14. The van der Waals surface area contributed by atoms with Crippen molar-refractivity contribution in [2.45, 2.75) is 6.42 Å². The molecule has 0 saturated heterocycles. The Labute approximate surface area is 150 Å². The average molecular weight is 343 g/mol. The van der Waals surface area contributed by atoms with Gasteiger partial charge in [0.15, 0.2) is 0 Å². The minimum Gasteiger partial charge on any atom is -0.508 e. The number of imidazole rings is 1. The van der Waals surface area contributed by atoms with Crippen LogP contribution in [0.25, 0.3) is 16.7 Å². The summed E-state index contributed by atoms with van der Waals surface area (Å²) in [7, 11) is 0. The maximum atomic E-state index is 12.2. The van der Waals surface area contributed by atoms with Crippen LogP contribution in [0.15, 0.2) is 79.1 Å². The molecule has 0 aliphatic rings. The van der Waals surface area contributed by atoms with E-state index in [0.717, 1.165) is 28.0 Å². The number of hydrogen-bond donors (Lipinski definition) is 2. The first-order valence-corrected chi connectivity index (χ1v) is 8.29. The summed E-state index contributed by atoms with van der Waals surface area (Å²) in [6.07, 6.45) is 2.05. The molecule has 128 valence electrons. The smallest absolute Gasteiger partial charge is 0.228 e. The molecule has 4 aromatic rings. The average Bonchev–Trinajstić information content (AvgIpc) is 3.08. The van der Waals surface area contributed by atoms with Crippen molar-refractivity contribution in [1.29, 1.82) is 0 Å². The lowest BCUT2D eigenvalue weighted by Gasteiger charge is -2.08. The van der Waals surface area contributed by atoms with Crippen LogP contribution in [-0.4, -0.2) is 20.6 Å². The molecule has 0 aliphatic heterocycles. The minimum atomic E-state index is -0.100. The summed E-state index contributed by atoms with van der Waals surface area (Å²) in [6.45, 7) is 0. The summed E-state index contributed by atoms with van der Waals surface area (Å²) in [6, 6.07) is 22.2. The van der Waals surface area contributed by atoms with Gasteiger partial charge in [-0.25, -0.2) is 4.98 Å². The first-order chi connectivity index (χ1) is 12.7. The highest BCUT2D eigenvalue weighted by Crippen LogP contribution is 2.20. The number of hydrogen-bond acceptors (Lipinski definition) is 3. The second-order valence-corrected chi connectivity index (χ2v) is 6.04. The molecule has 5 heteroatoms. The van der Waals surface area contributed by atoms with E-state index in [2.05, 4.69) is 10.3 Å². The molecule has 0 aliphatic carbocycles. The van der Waals surface area contributed by atoms with Gasteiger partial charge in [0.05, 0.1) is 17.5 Å². The first kappa shape index (κ1) is 15.9. The molecule has 4 rings (SSSR count). The molecule has 1 heterocycles. The van der Waals surface area contributed by atoms with E-state index in [1.54, 1.807) is 30.6 Å². The van der Waals surface area contributed by atoms with Crippen molar-refractivity contribution < 1.29 is 9.90 Å². The summed E-state index contributed by atoms with van der Waals surface area (Å²) >= 11 is 0. The van der Waals surface area contributed by atoms with Gasteiger partial charge in [-0.15, -0.1) is 0 Å². The first-order valence-electron chi connectivity index (χ1n) is 8.29. The fourth-order valence-electron chi connectivity index (χ4n) is 2.87. The standard InChI is InChI=1S/C21H17N3O2/c25-18-11-5-15(6-12-18)13-21(26)23-16-7-9-17(10-8-16)24-14-22-19-3-1-2-4-20(19)24/h1-12,14,25H,13H2,(H,23,26). The molecule has 0 radical (unpaired) electrons.